The smallest absolute Gasteiger partial charge is 0.159 e. The maximum absolute atomic E-state index is 5.19. The summed E-state index contributed by atoms with van der Waals surface area (Å²) >= 11 is 3.67. The number of nitrogens with one attached hydrogen (secondary N) is 1. The highest BCUT2D eigenvalue weighted by Gasteiger charge is 2.24. The molecule has 1 aliphatic rings. The summed E-state index contributed by atoms with van der Waals surface area (Å²) in [5, 5.41) is 8.81. The maximum atomic E-state index is 5.19. The molecule has 1 atom stereocenters. The zero-order valence-electron chi connectivity index (χ0n) is 23.6. The van der Waals surface area contributed by atoms with Crippen LogP contribution in [0.3, 0.4) is 0 Å². The second-order valence-corrected chi connectivity index (χ2v) is 13.2. The molecule has 0 amide bonds. The molecule has 0 aliphatic carbocycles. The number of nitrogens with zero attached hydrogens (tertiary/aromatic N) is 2. The van der Waals surface area contributed by atoms with Crippen LogP contribution < -0.4 is 5.32 Å². The first-order valence-corrected chi connectivity index (χ1v) is 16.3. The number of thiophene rings is 2. The molecule has 8 aromatic rings. The molecule has 208 valence electrons. The first-order valence-electron chi connectivity index (χ1n) is 14.7. The van der Waals surface area contributed by atoms with Gasteiger partial charge in [0.05, 0.1) is 0 Å². The molecule has 44 heavy (non-hydrogen) atoms. The van der Waals surface area contributed by atoms with Gasteiger partial charge in [-0.2, -0.15) is 0 Å². The summed E-state index contributed by atoms with van der Waals surface area (Å²) < 4.78 is 5.11. The van der Waals surface area contributed by atoms with E-state index in [0.717, 1.165) is 22.8 Å². The van der Waals surface area contributed by atoms with Gasteiger partial charge in [-0.1, -0.05) is 103 Å². The van der Waals surface area contributed by atoms with Gasteiger partial charge in [0, 0.05) is 57.0 Å². The molecule has 9 rings (SSSR count). The zero-order chi connectivity index (χ0) is 29.0. The van der Waals surface area contributed by atoms with E-state index in [2.05, 4.69) is 127 Å². The lowest BCUT2D eigenvalue weighted by Crippen LogP contribution is -2.33. The van der Waals surface area contributed by atoms with E-state index in [1.54, 1.807) is 0 Å². The molecule has 1 N–H and O–H groups in total. The molecule has 0 saturated heterocycles. The van der Waals surface area contributed by atoms with Crippen LogP contribution >= 0.6 is 22.7 Å². The Morgan fingerprint density at radius 1 is 0.477 bits per heavy atom. The molecule has 2 aromatic heterocycles. The van der Waals surface area contributed by atoms with E-state index in [9.17, 15) is 0 Å². The van der Waals surface area contributed by atoms with Crippen molar-refractivity contribution in [2.45, 2.75) is 6.17 Å². The summed E-state index contributed by atoms with van der Waals surface area (Å²) in [6.45, 7) is 0. The van der Waals surface area contributed by atoms with Gasteiger partial charge in [0.1, 0.15) is 12.0 Å². The van der Waals surface area contributed by atoms with Gasteiger partial charge in [-0.05, 0) is 47.5 Å². The van der Waals surface area contributed by atoms with Gasteiger partial charge in [0.25, 0.3) is 0 Å². The monoisotopic (exact) mass is 599 g/mol. The van der Waals surface area contributed by atoms with Crippen molar-refractivity contribution in [2.24, 2.45) is 9.98 Å². The molecular weight excluding hydrogens is 575 g/mol. The lowest BCUT2D eigenvalue weighted by Gasteiger charge is -2.24. The third-order valence-electron chi connectivity index (χ3n) is 8.35. The van der Waals surface area contributed by atoms with Gasteiger partial charge in [-0.25, -0.2) is 9.98 Å². The first kappa shape index (κ1) is 25.4. The van der Waals surface area contributed by atoms with Crippen molar-refractivity contribution < 1.29 is 0 Å². The van der Waals surface area contributed by atoms with E-state index in [0.29, 0.717) is 0 Å². The van der Waals surface area contributed by atoms with Crippen molar-refractivity contribution in [3.8, 4) is 11.1 Å². The molecule has 1 unspecified atom stereocenters. The van der Waals surface area contributed by atoms with Crippen molar-refractivity contribution in [1.29, 1.82) is 0 Å². The van der Waals surface area contributed by atoms with Gasteiger partial charge in [-0.15, -0.1) is 22.7 Å². The Kier molecular flexibility index (Phi) is 5.93. The van der Waals surface area contributed by atoms with E-state index in [-0.39, 0.29) is 6.17 Å². The number of rotatable bonds is 4. The largest absolute Gasteiger partial charge is 0.344 e. The fourth-order valence-electron chi connectivity index (χ4n) is 6.19. The minimum atomic E-state index is -0.269. The minimum absolute atomic E-state index is 0.269. The van der Waals surface area contributed by atoms with Crippen molar-refractivity contribution >= 4 is 74.7 Å². The first-order chi connectivity index (χ1) is 21.8. The molecule has 1 aliphatic heterocycles. The summed E-state index contributed by atoms with van der Waals surface area (Å²) in [7, 11) is 0. The number of amidine groups is 2. The molecule has 0 spiro atoms. The Morgan fingerprint density at radius 2 is 1.11 bits per heavy atom. The third kappa shape index (κ3) is 4.24. The molecule has 0 bridgehead atoms. The molecule has 6 aromatic carbocycles. The molecule has 3 nitrogen and oxygen atoms in total. The van der Waals surface area contributed by atoms with Gasteiger partial charge < -0.3 is 5.32 Å². The van der Waals surface area contributed by atoms with Crippen LogP contribution in [0.25, 0.3) is 51.5 Å². The minimum Gasteiger partial charge on any atom is -0.344 e. The van der Waals surface area contributed by atoms with Crippen LogP contribution in [0.2, 0.25) is 0 Å². The van der Waals surface area contributed by atoms with Crippen LogP contribution in [0.1, 0.15) is 22.9 Å². The van der Waals surface area contributed by atoms with Gasteiger partial charge in [0.2, 0.25) is 0 Å². The molecule has 0 radical (unpaired) electrons. The summed E-state index contributed by atoms with van der Waals surface area (Å²) in [6.07, 6.45) is -0.269. The SMILES string of the molecule is c1ccc(C2=NC(c3cccc4c3sc3ccccc34)NC(c3ccc4sc5ccc(-c6ccccc6)cc5c4c3)=N2)cc1. The summed E-state index contributed by atoms with van der Waals surface area (Å²) in [6, 6.07) is 49.6. The summed E-state index contributed by atoms with van der Waals surface area (Å²) in [5.41, 5.74) is 5.68. The average Bonchev–Trinajstić information content (AvgIpc) is 3.66. The number of fused-ring (bicyclic) bond motifs is 6. The zero-order valence-corrected chi connectivity index (χ0v) is 25.2. The molecule has 0 saturated carbocycles. The van der Waals surface area contributed by atoms with Gasteiger partial charge in [0.15, 0.2) is 5.84 Å². The fourth-order valence-corrected chi connectivity index (χ4v) is 8.50. The van der Waals surface area contributed by atoms with Crippen molar-refractivity contribution in [2.75, 3.05) is 0 Å². The average molecular weight is 600 g/mol. The Hall–Kier alpha value is -5.10. The summed E-state index contributed by atoms with van der Waals surface area (Å²) in [4.78, 5) is 10.3. The predicted molar refractivity (Wildman–Crippen MR) is 189 cm³/mol. The molecular formula is C39H25N3S2. The fraction of sp³-hybridized carbons (Fsp3) is 0.0256. The van der Waals surface area contributed by atoms with Crippen LogP contribution in [0, 0.1) is 0 Å². The van der Waals surface area contributed by atoms with Gasteiger partial charge >= 0.3 is 0 Å². The number of hydrogen-bond acceptors (Lipinski definition) is 5. The number of benzene rings is 6. The molecule has 5 heteroatoms. The van der Waals surface area contributed by atoms with E-state index in [1.165, 1.54) is 57.0 Å². The van der Waals surface area contributed by atoms with E-state index < -0.39 is 0 Å². The van der Waals surface area contributed by atoms with Crippen LogP contribution in [0.5, 0.6) is 0 Å². The lowest BCUT2D eigenvalue weighted by atomic mass is 10.0. The Bertz CT molecular complexity index is 2420. The topological polar surface area (TPSA) is 36.8 Å². The highest BCUT2D eigenvalue weighted by atomic mass is 32.1. The van der Waals surface area contributed by atoms with Crippen LogP contribution in [-0.4, -0.2) is 11.7 Å². The quantitative estimate of drug-likeness (QED) is 0.215. The van der Waals surface area contributed by atoms with E-state index in [4.69, 9.17) is 9.98 Å². The van der Waals surface area contributed by atoms with E-state index in [1.807, 2.05) is 40.9 Å². The van der Waals surface area contributed by atoms with Crippen molar-refractivity contribution in [1.82, 2.24) is 5.32 Å². The maximum Gasteiger partial charge on any atom is 0.159 e. The standard InChI is InChI=1S/C39H25N3S2/c1-3-10-24(11-4-1)26-18-20-34-31(22-26)32-23-27(19-21-35(32)43-34)38-40-37(25-12-5-2-6-13-25)41-39(42-38)30-16-9-15-29-28-14-7-8-17-33(28)44-36(29)30/h1-23,39H,(H,40,41,42). The van der Waals surface area contributed by atoms with Crippen LogP contribution in [0.4, 0.5) is 0 Å². The second kappa shape index (κ2) is 10.3. The van der Waals surface area contributed by atoms with Gasteiger partial charge in [-0.3, -0.25) is 0 Å². The Balaban J connectivity index is 1.19. The Morgan fingerprint density at radius 3 is 1.91 bits per heavy atom. The highest BCUT2D eigenvalue weighted by Crippen LogP contribution is 2.40. The van der Waals surface area contributed by atoms with Crippen LogP contribution in [0.15, 0.2) is 150 Å². The highest BCUT2D eigenvalue weighted by molar-refractivity contribution is 7.26. The molecule has 3 heterocycles. The van der Waals surface area contributed by atoms with E-state index >= 15 is 0 Å². The van der Waals surface area contributed by atoms with Crippen molar-refractivity contribution in [3.63, 3.8) is 0 Å². The van der Waals surface area contributed by atoms with Crippen LogP contribution in [-0.2, 0) is 0 Å². The summed E-state index contributed by atoms with van der Waals surface area (Å²) in [5.74, 6) is 1.58. The van der Waals surface area contributed by atoms with Crippen molar-refractivity contribution in [3.05, 3.63) is 156 Å². The second-order valence-electron chi connectivity index (χ2n) is 11.0. The molecule has 0 fully saturated rings. The Labute approximate surface area is 262 Å². The third-order valence-corrected chi connectivity index (χ3v) is 10.7. The number of hydrogen-bond donors (Lipinski definition) is 1. The normalized spacial score (nSPS) is 15.0. The lowest BCUT2D eigenvalue weighted by molar-refractivity contribution is 0.680. The predicted octanol–water partition coefficient (Wildman–Crippen LogP) is 10.6. The number of aliphatic imine (C=N–C) groups is 2.